The van der Waals surface area contributed by atoms with Gasteiger partial charge >= 0.3 is 11.9 Å². The average molecular weight is 236 g/mol. The van der Waals surface area contributed by atoms with E-state index < -0.39 is 11.9 Å². The van der Waals surface area contributed by atoms with Crippen molar-refractivity contribution in [2.24, 2.45) is 0 Å². The number of hydrogen-bond acceptors (Lipinski definition) is 3. The van der Waals surface area contributed by atoms with Gasteiger partial charge in [0.25, 0.3) is 0 Å². The molecule has 0 atom stereocenters. The van der Waals surface area contributed by atoms with Gasteiger partial charge in [-0.2, -0.15) is 0 Å². The van der Waals surface area contributed by atoms with Crippen LogP contribution >= 0.6 is 0 Å². The van der Waals surface area contributed by atoms with Gasteiger partial charge in [-0.05, 0) is 38.1 Å². The van der Waals surface area contributed by atoms with Crippen LogP contribution in [0, 0.1) is 0 Å². The van der Waals surface area contributed by atoms with Crippen molar-refractivity contribution in [3.8, 4) is 0 Å². The van der Waals surface area contributed by atoms with Gasteiger partial charge in [0.2, 0.25) is 0 Å². The number of carboxylic acids is 2. The molecule has 5 nitrogen and oxygen atoms in total. The van der Waals surface area contributed by atoms with Crippen LogP contribution in [0.3, 0.4) is 0 Å². The Morgan fingerprint density at radius 1 is 1.00 bits per heavy atom. The Hall–Kier alpha value is -2.30. The lowest BCUT2D eigenvalue weighted by atomic mass is 10.2. The minimum atomic E-state index is -1.03. The molecular weight excluding hydrogens is 224 g/mol. The van der Waals surface area contributed by atoms with E-state index in [1.807, 2.05) is 0 Å². The van der Waals surface area contributed by atoms with Crippen LogP contribution < -0.4 is 0 Å². The zero-order valence-corrected chi connectivity index (χ0v) is 9.43. The van der Waals surface area contributed by atoms with Gasteiger partial charge in [0, 0.05) is 11.1 Å². The van der Waals surface area contributed by atoms with Crippen molar-refractivity contribution in [1.29, 1.82) is 0 Å². The van der Waals surface area contributed by atoms with Crippen LogP contribution in [-0.4, -0.2) is 22.2 Å². The first kappa shape index (κ1) is 12.8. The van der Waals surface area contributed by atoms with Gasteiger partial charge in [-0.3, -0.25) is 0 Å². The molecule has 0 aliphatic carbocycles. The predicted molar refractivity (Wildman–Crippen MR) is 61.3 cm³/mol. The number of carboxylic acid groups (broad SMARTS) is 2. The molecule has 0 aromatic carbocycles. The molecule has 1 aromatic heterocycles. The molecule has 0 saturated carbocycles. The van der Waals surface area contributed by atoms with E-state index in [0.29, 0.717) is 11.5 Å². The van der Waals surface area contributed by atoms with Crippen LogP contribution in [0.4, 0.5) is 0 Å². The summed E-state index contributed by atoms with van der Waals surface area (Å²) >= 11 is 0. The highest BCUT2D eigenvalue weighted by atomic mass is 16.4. The largest absolute Gasteiger partial charge is 0.478 e. The third-order valence-corrected chi connectivity index (χ3v) is 2.04. The Kier molecular flexibility index (Phi) is 3.87. The summed E-state index contributed by atoms with van der Waals surface area (Å²) < 4.78 is 5.25. The first-order valence-corrected chi connectivity index (χ1v) is 4.83. The van der Waals surface area contributed by atoms with E-state index in [9.17, 15) is 9.59 Å². The Bertz CT molecular complexity index is 460. The van der Waals surface area contributed by atoms with Crippen LogP contribution in [0.25, 0.3) is 12.2 Å². The highest BCUT2D eigenvalue weighted by Gasteiger charge is 2.05. The highest BCUT2D eigenvalue weighted by molar-refractivity contribution is 5.92. The van der Waals surface area contributed by atoms with E-state index in [4.69, 9.17) is 14.6 Å². The fourth-order valence-electron chi connectivity index (χ4n) is 1.07. The molecule has 0 amide bonds. The molecule has 90 valence electrons. The maximum absolute atomic E-state index is 10.6. The SMILES string of the molecule is C/C(=C\c1ccc(/C=C(\C)C(=O)O)o1)C(=O)O. The summed E-state index contributed by atoms with van der Waals surface area (Å²) in [5.74, 6) is -1.32. The second-order valence-electron chi connectivity index (χ2n) is 3.51. The van der Waals surface area contributed by atoms with Gasteiger partial charge in [-0.1, -0.05) is 0 Å². The third-order valence-electron chi connectivity index (χ3n) is 2.04. The highest BCUT2D eigenvalue weighted by Crippen LogP contribution is 2.15. The van der Waals surface area contributed by atoms with Gasteiger partial charge in [0.15, 0.2) is 0 Å². The quantitative estimate of drug-likeness (QED) is 0.783. The lowest BCUT2D eigenvalue weighted by molar-refractivity contribution is -0.133. The first-order valence-electron chi connectivity index (χ1n) is 4.83. The van der Waals surface area contributed by atoms with Gasteiger partial charge in [-0.15, -0.1) is 0 Å². The van der Waals surface area contributed by atoms with Gasteiger partial charge in [-0.25, -0.2) is 9.59 Å². The van der Waals surface area contributed by atoms with Crippen molar-refractivity contribution < 1.29 is 24.2 Å². The smallest absolute Gasteiger partial charge is 0.331 e. The summed E-state index contributed by atoms with van der Waals surface area (Å²) in [5.41, 5.74) is 0.287. The molecule has 1 heterocycles. The number of carbonyl (C=O) groups is 2. The van der Waals surface area contributed by atoms with Crippen molar-refractivity contribution in [3.63, 3.8) is 0 Å². The van der Waals surface area contributed by atoms with Crippen LogP contribution in [0.1, 0.15) is 25.4 Å². The predicted octanol–water partition coefficient (Wildman–Crippen LogP) is 2.26. The first-order chi connectivity index (χ1) is 7.90. The molecule has 1 aromatic rings. The van der Waals surface area contributed by atoms with Crippen molar-refractivity contribution >= 4 is 24.1 Å². The summed E-state index contributed by atoms with van der Waals surface area (Å²) in [5, 5.41) is 17.3. The lowest BCUT2D eigenvalue weighted by Crippen LogP contribution is -1.95. The third kappa shape index (κ3) is 3.64. The molecule has 0 radical (unpaired) electrons. The normalized spacial score (nSPS) is 12.6. The molecule has 5 heteroatoms. The van der Waals surface area contributed by atoms with E-state index in [1.165, 1.54) is 26.0 Å². The standard InChI is InChI=1S/C12H12O5/c1-7(11(13)14)5-9-3-4-10(17-9)6-8(2)12(15)16/h3-6H,1-2H3,(H,13,14)(H,15,16)/b7-5+,8-6+. The topological polar surface area (TPSA) is 87.7 Å². The lowest BCUT2D eigenvalue weighted by Gasteiger charge is -1.92. The van der Waals surface area contributed by atoms with Crippen molar-refractivity contribution in [1.82, 2.24) is 0 Å². The molecule has 0 aliphatic heterocycles. The fourth-order valence-corrected chi connectivity index (χ4v) is 1.07. The molecule has 0 bridgehead atoms. The van der Waals surface area contributed by atoms with E-state index >= 15 is 0 Å². The molecule has 17 heavy (non-hydrogen) atoms. The van der Waals surface area contributed by atoms with E-state index in [1.54, 1.807) is 12.1 Å². The number of hydrogen-bond donors (Lipinski definition) is 2. The molecule has 0 fully saturated rings. The Morgan fingerprint density at radius 3 is 1.65 bits per heavy atom. The van der Waals surface area contributed by atoms with E-state index in [2.05, 4.69) is 0 Å². The maximum Gasteiger partial charge on any atom is 0.331 e. The van der Waals surface area contributed by atoms with Crippen molar-refractivity contribution in [2.75, 3.05) is 0 Å². The average Bonchev–Trinajstić information content (AvgIpc) is 2.65. The zero-order chi connectivity index (χ0) is 13.0. The molecule has 0 aliphatic rings. The molecule has 2 N–H and O–H groups in total. The second kappa shape index (κ2) is 5.16. The maximum atomic E-state index is 10.6. The Balaban J connectivity index is 2.94. The summed E-state index contributed by atoms with van der Waals surface area (Å²) in [6.07, 6.45) is 2.74. The number of furan rings is 1. The van der Waals surface area contributed by atoms with Gasteiger partial charge < -0.3 is 14.6 Å². The van der Waals surface area contributed by atoms with E-state index in [-0.39, 0.29) is 11.1 Å². The molecular formula is C12H12O5. The van der Waals surface area contributed by atoms with Crippen LogP contribution in [0.15, 0.2) is 27.7 Å². The summed E-state index contributed by atoms with van der Waals surface area (Å²) in [6.45, 7) is 2.89. The number of aliphatic carboxylic acids is 2. The minimum absolute atomic E-state index is 0.143. The Morgan fingerprint density at radius 2 is 1.35 bits per heavy atom. The van der Waals surface area contributed by atoms with Crippen molar-refractivity contribution in [2.45, 2.75) is 13.8 Å². The summed E-state index contributed by atoms with van der Waals surface area (Å²) in [6, 6.07) is 3.15. The van der Waals surface area contributed by atoms with Crippen molar-refractivity contribution in [3.05, 3.63) is 34.8 Å². The summed E-state index contributed by atoms with van der Waals surface area (Å²) in [4.78, 5) is 21.2. The van der Waals surface area contributed by atoms with Crippen LogP contribution in [-0.2, 0) is 9.59 Å². The minimum Gasteiger partial charge on any atom is -0.478 e. The fraction of sp³-hybridized carbons (Fsp3) is 0.167. The van der Waals surface area contributed by atoms with Crippen LogP contribution in [0.5, 0.6) is 0 Å². The molecule has 0 unspecified atom stereocenters. The second-order valence-corrected chi connectivity index (χ2v) is 3.51. The molecule has 0 spiro atoms. The van der Waals surface area contributed by atoms with Crippen LogP contribution in [0.2, 0.25) is 0 Å². The van der Waals surface area contributed by atoms with Gasteiger partial charge in [0.05, 0.1) is 0 Å². The monoisotopic (exact) mass is 236 g/mol. The van der Waals surface area contributed by atoms with E-state index in [0.717, 1.165) is 0 Å². The number of rotatable bonds is 4. The molecule has 0 saturated heterocycles. The Labute approximate surface area is 97.7 Å². The summed E-state index contributed by atoms with van der Waals surface area (Å²) in [7, 11) is 0. The zero-order valence-electron chi connectivity index (χ0n) is 9.43. The molecule has 1 rings (SSSR count). The van der Waals surface area contributed by atoms with Gasteiger partial charge in [0.1, 0.15) is 11.5 Å².